The molecule has 1 aromatic heterocycles. The third-order valence-corrected chi connectivity index (χ3v) is 5.83. The Labute approximate surface area is 186 Å². The number of pyridine rings is 1. The van der Waals surface area contributed by atoms with Gasteiger partial charge in [-0.05, 0) is 49.6 Å². The highest BCUT2D eigenvalue weighted by molar-refractivity contribution is 6.02. The second-order valence-electron chi connectivity index (χ2n) is 7.56. The van der Waals surface area contributed by atoms with E-state index in [-0.39, 0.29) is 0 Å². The third kappa shape index (κ3) is 2.91. The van der Waals surface area contributed by atoms with Crippen molar-refractivity contribution in [2.24, 2.45) is 0 Å². The normalized spacial score (nSPS) is 11.8. The average Bonchev–Trinajstić information content (AvgIpc) is 2.84. The molecule has 1 aliphatic rings. The number of methoxy groups -OCH3 is 3. The van der Waals surface area contributed by atoms with E-state index in [1.807, 2.05) is 56.3 Å². The number of nitrogens with zero attached hydrogens (tertiary/aromatic N) is 1. The van der Waals surface area contributed by atoms with Gasteiger partial charge in [0.25, 0.3) is 0 Å². The molecule has 0 aliphatic carbocycles. The van der Waals surface area contributed by atoms with E-state index in [2.05, 4.69) is 0 Å². The van der Waals surface area contributed by atoms with E-state index >= 15 is 0 Å². The fourth-order valence-corrected chi connectivity index (χ4v) is 4.25. The summed E-state index contributed by atoms with van der Waals surface area (Å²) in [5, 5.41) is 2.03. The van der Waals surface area contributed by atoms with Gasteiger partial charge in [0.1, 0.15) is 0 Å². The molecule has 0 spiro atoms. The summed E-state index contributed by atoms with van der Waals surface area (Å²) in [6.45, 7) is 4.07. The molecule has 4 aromatic rings. The van der Waals surface area contributed by atoms with Gasteiger partial charge in [-0.3, -0.25) is 4.98 Å². The van der Waals surface area contributed by atoms with Crippen molar-refractivity contribution in [3.05, 3.63) is 59.8 Å². The molecule has 32 heavy (non-hydrogen) atoms. The largest absolute Gasteiger partial charge is 0.493 e. The van der Waals surface area contributed by atoms with Crippen LogP contribution < -0.4 is 23.7 Å². The molecule has 0 fully saturated rings. The van der Waals surface area contributed by atoms with Gasteiger partial charge in [0, 0.05) is 28.3 Å². The number of hydrogen-bond acceptors (Lipinski definition) is 6. The first-order valence-corrected chi connectivity index (χ1v) is 10.2. The molecule has 2 heterocycles. The van der Waals surface area contributed by atoms with Crippen molar-refractivity contribution >= 4 is 10.8 Å². The molecular formula is C26H23NO5. The van der Waals surface area contributed by atoms with Crippen LogP contribution in [-0.4, -0.2) is 26.3 Å². The molecule has 6 heteroatoms. The van der Waals surface area contributed by atoms with Crippen molar-refractivity contribution in [2.75, 3.05) is 21.3 Å². The van der Waals surface area contributed by atoms with E-state index in [9.17, 15) is 0 Å². The highest BCUT2D eigenvalue weighted by Crippen LogP contribution is 2.52. The summed E-state index contributed by atoms with van der Waals surface area (Å²) in [6, 6.07) is 13.5. The van der Waals surface area contributed by atoms with Crippen molar-refractivity contribution in [1.29, 1.82) is 0 Å². The van der Waals surface area contributed by atoms with Crippen molar-refractivity contribution in [2.45, 2.75) is 13.8 Å². The van der Waals surface area contributed by atoms with Crippen LogP contribution in [0.2, 0.25) is 0 Å². The Morgan fingerprint density at radius 1 is 0.750 bits per heavy atom. The van der Waals surface area contributed by atoms with Crippen LogP contribution in [0.15, 0.2) is 48.7 Å². The van der Waals surface area contributed by atoms with E-state index in [4.69, 9.17) is 28.7 Å². The molecule has 0 radical (unpaired) electrons. The summed E-state index contributed by atoms with van der Waals surface area (Å²) in [7, 11) is 4.79. The number of fused-ring (bicyclic) bond motifs is 3. The van der Waals surface area contributed by atoms with Crippen molar-refractivity contribution < 1.29 is 23.7 Å². The Bertz CT molecular complexity index is 1340. The number of aryl methyl sites for hydroxylation is 2. The van der Waals surface area contributed by atoms with Crippen molar-refractivity contribution in [3.63, 3.8) is 0 Å². The zero-order valence-electron chi connectivity index (χ0n) is 18.6. The zero-order chi connectivity index (χ0) is 22.4. The minimum Gasteiger partial charge on any atom is -0.493 e. The summed E-state index contributed by atoms with van der Waals surface area (Å²) in [5.41, 5.74) is 3.59. The Morgan fingerprint density at radius 2 is 1.34 bits per heavy atom. The van der Waals surface area contributed by atoms with Gasteiger partial charge >= 0.3 is 0 Å². The molecule has 3 aromatic carbocycles. The molecule has 0 bridgehead atoms. The van der Waals surface area contributed by atoms with Crippen LogP contribution in [0.4, 0.5) is 0 Å². The van der Waals surface area contributed by atoms with Crippen molar-refractivity contribution in [3.8, 4) is 51.5 Å². The van der Waals surface area contributed by atoms with Gasteiger partial charge in [0.2, 0.25) is 5.75 Å². The number of rotatable bonds is 4. The zero-order valence-corrected chi connectivity index (χ0v) is 18.6. The number of benzene rings is 3. The molecule has 0 saturated carbocycles. The third-order valence-electron chi connectivity index (χ3n) is 5.83. The van der Waals surface area contributed by atoms with Crippen LogP contribution in [0.1, 0.15) is 11.1 Å². The first kappa shape index (κ1) is 20.0. The van der Waals surface area contributed by atoms with Gasteiger partial charge in [0.15, 0.2) is 34.5 Å². The van der Waals surface area contributed by atoms with Gasteiger partial charge in [0.05, 0.1) is 27.0 Å². The minimum absolute atomic E-state index is 0.539. The van der Waals surface area contributed by atoms with Crippen LogP contribution >= 0.6 is 0 Å². The minimum atomic E-state index is 0.539. The van der Waals surface area contributed by atoms with Gasteiger partial charge in [-0.1, -0.05) is 12.1 Å². The molecule has 1 aliphatic heterocycles. The van der Waals surface area contributed by atoms with Gasteiger partial charge in [-0.15, -0.1) is 0 Å². The molecule has 0 saturated heterocycles. The Kier molecular flexibility index (Phi) is 4.78. The predicted octanol–water partition coefficient (Wildman–Crippen LogP) is 6.44. The van der Waals surface area contributed by atoms with E-state index in [1.165, 1.54) is 0 Å². The molecule has 162 valence electrons. The molecule has 5 rings (SSSR count). The Hall–Kier alpha value is -3.93. The average molecular weight is 429 g/mol. The topological polar surface area (TPSA) is 59.0 Å². The first-order valence-electron chi connectivity index (χ1n) is 10.2. The maximum Gasteiger partial charge on any atom is 0.203 e. The smallest absolute Gasteiger partial charge is 0.203 e. The summed E-state index contributed by atoms with van der Waals surface area (Å²) < 4.78 is 29.1. The van der Waals surface area contributed by atoms with E-state index < -0.39 is 0 Å². The van der Waals surface area contributed by atoms with E-state index in [0.717, 1.165) is 38.9 Å². The standard InChI is InChI=1S/C26H23NO5/c1-14-17-10-11-27-23(16-12-20(28-3)26(30-5)21(13-16)29-4)22(17)15(2)25-24(14)31-18-8-6-7-9-19(18)32-25/h6-13H,1-5H3. The lowest BCUT2D eigenvalue weighted by Crippen LogP contribution is -2.04. The number of aromatic nitrogens is 1. The molecule has 0 unspecified atom stereocenters. The lowest BCUT2D eigenvalue weighted by atomic mass is 9.94. The van der Waals surface area contributed by atoms with Crippen LogP contribution in [0.5, 0.6) is 40.2 Å². The number of ether oxygens (including phenoxy) is 5. The molecular weight excluding hydrogens is 406 g/mol. The summed E-state index contributed by atoms with van der Waals surface area (Å²) in [5.74, 6) is 4.52. The Morgan fingerprint density at radius 3 is 1.91 bits per heavy atom. The van der Waals surface area contributed by atoms with Gasteiger partial charge in [-0.25, -0.2) is 0 Å². The summed E-state index contributed by atoms with van der Waals surface area (Å²) in [6.07, 6.45) is 1.80. The molecule has 0 atom stereocenters. The molecule has 0 N–H and O–H groups in total. The number of hydrogen-bond donors (Lipinski definition) is 0. The fraction of sp³-hybridized carbons (Fsp3) is 0.192. The van der Waals surface area contributed by atoms with Gasteiger partial charge in [-0.2, -0.15) is 0 Å². The maximum atomic E-state index is 6.29. The quantitative estimate of drug-likeness (QED) is 0.328. The highest BCUT2D eigenvalue weighted by atomic mass is 16.6. The van der Waals surface area contributed by atoms with Crippen LogP contribution in [0.25, 0.3) is 22.0 Å². The lowest BCUT2D eigenvalue weighted by Gasteiger charge is -2.25. The first-order chi connectivity index (χ1) is 15.6. The summed E-state index contributed by atoms with van der Waals surface area (Å²) in [4.78, 5) is 4.73. The molecule has 6 nitrogen and oxygen atoms in total. The van der Waals surface area contributed by atoms with Crippen molar-refractivity contribution in [1.82, 2.24) is 4.98 Å². The van der Waals surface area contributed by atoms with Crippen LogP contribution in [0, 0.1) is 13.8 Å². The molecule has 0 amide bonds. The second-order valence-corrected chi connectivity index (χ2v) is 7.56. The van der Waals surface area contributed by atoms with Gasteiger partial charge < -0.3 is 23.7 Å². The fourth-order valence-electron chi connectivity index (χ4n) is 4.25. The predicted molar refractivity (Wildman–Crippen MR) is 123 cm³/mol. The SMILES string of the molecule is COc1cc(-c2nccc3c(C)c4c(c(C)c23)Oc2ccccc2O4)cc(OC)c1OC. The van der Waals surface area contributed by atoms with E-state index in [0.29, 0.717) is 34.5 Å². The number of para-hydroxylation sites is 2. The van der Waals surface area contributed by atoms with E-state index in [1.54, 1.807) is 27.5 Å². The lowest BCUT2D eigenvalue weighted by molar-refractivity contribution is 0.324. The second kappa shape index (κ2) is 7.64. The summed E-state index contributed by atoms with van der Waals surface area (Å²) >= 11 is 0. The maximum absolute atomic E-state index is 6.29. The Balaban J connectivity index is 1.78. The van der Waals surface area contributed by atoms with Crippen LogP contribution in [0.3, 0.4) is 0 Å². The van der Waals surface area contributed by atoms with Crippen LogP contribution in [-0.2, 0) is 0 Å². The highest BCUT2D eigenvalue weighted by Gasteiger charge is 2.27. The monoisotopic (exact) mass is 429 g/mol.